The molecule has 0 fully saturated rings. The van der Waals surface area contributed by atoms with Crippen molar-refractivity contribution in [1.82, 2.24) is 0 Å². The summed E-state index contributed by atoms with van der Waals surface area (Å²) in [5.41, 5.74) is 26.4. The molecule has 0 radical (unpaired) electrons. The Morgan fingerprint density at radius 1 is 0.382 bits per heavy atom. The Morgan fingerprint density at radius 2 is 0.765 bits per heavy atom. The van der Waals surface area contributed by atoms with Crippen LogP contribution in [0.5, 0.6) is 5.75 Å². The van der Waals surface area contributed by atoms with Gasteiger partial charge in [-0.05, 0) is 150 Å². The SMILES string of the molecule is CC1(C)c2ccccc2-c2ccc(-c3ccc(N(c4ccc(-c5ccc(C6=CCC7Oc8ccccc8C7=C6)cc5)cc4)c4ccc(-c5ccc6c(c5)C(C)(C)c5ccccc5-6)cc4)cc3)cc21. The summed E-state index contributed by atoms with van der Waals surface area (Å²) in [6.07, 6.45) is 5.62. The van der Waals surface area contributed by atoms with Crippen LogP contribution in [0, 0.1) is 0 Å². The van der Waals surface area contributed by atoms with Crippen LogP contribution in [0.2, 0.25) is 0 Å². The van der Waals surface area contributed by atoms with E-state index in [1.807, 2.05) is 6.07 Å². The normalized spacial score (nSPS) is 16.3. The van der Waals surface area contributed by atoms with Crippen LogP contribution in [0.1, 0.15) is 67.5 Å². The first-order chi connectivity index (χ1) is 33.2. The average Bonchev–Trinajstić information content (AvgIpc) is 3.96. The molecule has 1 aliphatic heterocycles. The number of para-hydroxylation sites is 1. The van der Waals surface area contributed by atoms with Crippen molar-refractivity contribution in [3.63, 3.8) is 0 Å². The van der Waals surface area contributed by atoms with E-state index in [-0.39, 0.29) is 16.9 Å². The first-order valence-corrected chi connectivity index (χ1v) is 24.1. The summed E-state index contributed by atoms with van der Waals surface area (Å²) in [6.45, 7) is 9.41. The van der Waals surface area contributed by atoms with Gasteiger partial charge in [0.1, 0.15) is 11.9 Å². The zero-order chi connectivity index (χ0) is 45.7. The number of anilines is 3. The first kappa shape index (κ1) is 40.3. The predicted molar refractivity (Wildman–Crippen MR) is 284 cm³/mol. The van der Waals surface area contributed by atoms with E-state index in [1.165, 1.54) is 100 Å². The van der Waals surface area contributed by atoms with Crippen molar-refractivity contribution in [3.8, 4) is 61.4 Å². The van der Waals surface area contributed by atoms with Crippen molar-refractivity contribution in [2.75, 3.05) is 4.90 Å². The molecule has 0 N–H and O–H groups in total. The Hall–Kier alpha value is -7.94. The van der Waals surface area contributed by atoms with Gasteiger partial charge in [-0.3, -0.25) is 0 Å². The van der Waals surface area contributed by atoms with Gasteiger partial charge in [-0.15, -0.1) is 0 Å². The minimum Gasteiger partial charge on any atom is -0.485 e. The van der Waals surface area contributed by atoms with E-state index >= 15 is 0 Å². The molecule has 0 aromatic heterocycles. The molecule has 1 atom stereocenters. The lowest BCUT2D eigenvalue weighted by molar-refractivity contribution is 0.279. The molecule has 4 aliphatic rings. The fourth-order valence-electron chi connectivity index (χ4n) is 11.7. The monoisotopic (exact) mass is 873 g/mol. The highest BCUT2D eigenvalue weighted by Crippen LogP contribution is 2.51. The van der Waals surface area contributed by atoms with Crippen LogP contribution in [-0.2, 0) is 10.8 Å². The summed E-state index contributed by atoms with van der Waals surface area (Å²) in [5.74, 6) is 0.988. The fraction of sp³-hybridized carbons (Fsp3) is 0.121. The molecular weight excluding hydrogens is 823 g/mol. The summed E-state index contributed by atoms with van der Waals surface area (Å²) in [4.78, 5) is 2.38. The number of hydrogen-bond acceptors (Lipinski definition) is 2. The van der Waals surface area contributed by atoms with Gasteiger partial charge in [0, 0.05) is 45.4 Å². The van der Waals surface area contributed by atoms with E-state index in [9.17, 15) is 0 Å². The lowest BCUT2D eigenvalue weighted by Gasteiger charge is -2.26. The van der Waals surface area contributed by atoms with Gasteiger partial charge in [0.15, 0.2) is 0 Å². The third-order valence-electron chi connectivity index (χ3n) is 15.4. The molecule has 0 amide bonds. The molecule has 9 aromatic carbocycles. The summed E-state index contributed by atoms with van der Waals surface area (Å²) < 4.78 is 6.24. The molecule has 2 nitrogen and oxygen atoms in total. The van der Waals surface area contributed by atoms with Crippen LogP contribution in [0.15, 0.2) is 218 Å². The zero-order valence-electron chi connectivity index (χ0n) is 38.9. The Bertz CT molecular complexity index is 3380. The molecule has 0 saturated carbocycles. The summed E-state index contributed by atoms with van der Waals surface area (Å²) in [6, 6.07) is 76.4. The van der Waals surface area contributed by atoms with Gasteiger partial charge in [-0.2, -0.15) is 0 Å². The van der Waals surface area contributed by atoms with E-state index in [2.05, 4.69) is 245 Å². The van der Waals surface area contributed by atoms with Gasteiger partial charge in [-0.25, -0.2) is 0 Å². The lowest BCUT2D eigenvalue weighted by Crippen LogP contribution is -2.14. The van der Waals surface area contributed by atoms with Crippen molar-refractivity contribution in [2.45, 2.75) is 51.0 Å². The lowest BCUT2D eigenvalue weighted by atomic mass is 9.81. The second-order valence-corrected chi connectivity index (χ2v) is 20.0. The van der Waals surface area contributed by atoms with Crippen molar-refractivity contribution >= 4 is 28.2 Å². The maximum Gasteiger partial charge on any atom is 0.128 e. The summed E-state index contributed by atoms with van der Waals surface area (Å²) >= 11 is 0. The minimum atomic E-state index is -0.0483. The van der Waals surface area contributed by atoms with E-state index in [0.717, 1.165) is 29.2 Å². The van der Waals surface area contributed by atoms with Crippen molar-refractivity contribution in [3.05, 3.63) is 252 Å². The van der Waals surface area contributed by atoms with Gasteiger partial charge in [-0.1, -0.05) is 185 Å². The molecule has 1 unspecified atom stereocenters. The van der Waals surface area contributed by atoms with Gasteiger partial charge < -0.3 is 9.64 Å². The van der Waals surface area contributed by atoms with Crippen LogP contribution < -0.4 is 9.64 Å². The molecule has 0 saturated heterocycles. The Balaban J connectivity index is 0.820. The highest BCUT2D eigenvalue weighted by atomic mass is 16.5. The number of allylic oxidation sites excluding steroid dienone is 2. The van der Waals surface area contributed by atoms with Gasteiger partial charge >= 0.3 is 0 Å². The molecular formula is C66H51NO. The number of fused-ring (bicyclic) bond motifs is 9. The molecule has 3 aliphatic carbocycles. The average molecular weight is 874 g/mol. The molecule has 2 heteroatoms. The van der Waals surface area contributed by atoms with E-state index in [1.54, 1.807) is 0 Å². The minimum absolute atomic E-state index is 0.0483. The number of rotatable bonds is 7. The van der Waals surface area contributed by atoms with E-state index in [4.69, 9.17) is 4.74 Å². The third kappa shape index (κ3) is 6.39. The standard InChI is InChI=1S/C66H51NO/c1-65(2)59-14-8-5-11-53(59)55-36-27-48(40-61(55)65)45-23-32-51(33-24-45)67(52-34-25-46(26-35-52)49-28-37-56-54-12-6-9-15-60(54)66(3,4)62(56)41-49)50-30-21-43(22-31-50)42-17-19-44(20-18-42)47-29-38-64-58(39-47)57-13-7-10-16-63(57)68-64/h5-37,39-41,64H,38H2,1-4H3. The van der Waals surface area contributed by atoms with Crippen molar-refractivity contribution in [2.24, 2.45) is 0 Å². The van der Waals surface area contributed by atoms with E-state index < -0.39 is 0 Å². The largest absolute Gasteiger partial charge is 0.485 e. The van der Waals surface area contributed by atoms with Gasteiger partial charge in [0.2, 0.25) is 0 Å². The second-order valence-electron chi connectivity index (χ2n) is 20.0. The maximum atomic E-state index is 6.24. The molecule has 13 rings (SSSR count). The third-order valence-corrected chi connectivity index (χ3v) is 15.4. The Labute approximate surface area is 400 Å². The smallest absolute Gasteiger partial charge is 0.128 e. The van der Waals surface area contributed by atoms with Crippen molar-refractivity contribution < 1.29 is 4.74 Å². The number of nitrogens with zero attached hydrogens (tertiary/aromatic N) is 1. The quantitative estimate of drug-likeness (QED) is 0.158. The predicted octanol–water partition coefficient (Wildman–Crippen LogP) is 17.4. The Kier molecular flexibility index (Phi) is 9.08. The second kappa shape index (κ2) is 15.3. The van der Waals surface area contributed by atoms with E-state index in [0.29, 0.717) is 0 Å². The van der Waals surface area contributed by atoms with Crippen LogP contribution >= 0.6 is 0 Å². The highest BCUT2D eigenvalue weighted by molar-refractivity contribution is 5.91. The van der Waals surface area contributed by atoms with Gasteiger partial charge in [0.25, 0.3) is 0 Å². The molecule has 1 heterocycles. The molecule has 0 bridgehead atoms. The number of hydrogen-bond donors (Lipinski definition) is 0. The molecule has 0 spiro atoms. The fourth-order valence-corrected chi connectivity index (χ4v) is 11.7. The Morgan fingerprint density at radius 3 is 1.26 bits per heavy atom. The van der Waals surface area contributed by atoms with Crippen LogP contribution in [0.25, 0.3) is 66.8 Å². The topological polar surface area (TPSA) is 12.5 Å². The van der Waals surface area contributed by atoms with Crippen molar-refractivity contribution in [1.29, 1.82) is 0 Å². The van der Waals surface area contributed by atoms with Crippen LogP contribution in [0.3, 0.4) is 0 Å². The molecule has 9 aromatic rings. The van der Waals surface area contributed by atoms with Crippen LogP contribution in [-0.4, -0.2) is 6.10 Å². The first-order valence-electron chi connectivity index (χ1n) is 24.1. The molecule has 326 valence electrons. The molecule has 68 heavy (non-hydrogen) atoms. The zero-order valence-corrected chi connectivity index (χ0v) is 38.9. The number of benzene rings is 9. The highest BCUT2D eigenvalue weighted by Gasteiger charge is 2.37. The van der Waals surface area contributed by atoms with Crippen LogP contribution in [0.4, 0.5) is 17.1 Å². The summed E-state index contributed by atoms with van der Waals surface area (Å²) in [5, 5.41) is 0. The number of ether oxygens (including phenoxy) is 1. The maximum absolute atomic E-state index is 6.24. The van der Waals surface area contributed by atoms with Gasteiger partial charge in [0.05, 0.1) is 0 Å². The summed E-state index contributed by atoms with van der Waals surface area (Å²) in [7, 11) is 0.